The van der Waals surface area contributed by atoms with E-state index in [0.29, 0.717) is 38.1 Å². The molecular weight excluding hydrogens is 334 g/mol. The molecule has 0 bridgehead atoms. The molecule has 0 N–H and O–H groups in total. The van der Waals surface area contributed by atoms with Crippen molar-refractivity contribution in [1.29, 1.82) is 0 Å². The molecular formula is C18H25N5O3. The van der Waals surface area contributed by atoms with Gasteiger partial charge in [0.1, 0.15) is 0 Å². The molecule has 0 radical (unpaired) electrons. The molecule has 8 heteroatoms. The zero-order valence-electron chi connectivity index (χ0n) is 15.3. The molecule has 26 heavy (non-hydrogen) atoms. The van der Waals surface area contributed by atoms with Crippen LogP contribution in [-0.2, 0) is 16.0 Å². The van der Waals surface area contributed by atoms with Gasteiger partial charge in [0.15, 0.2) is 5.82 Å². The zero-order chi connectivity index (χ0) is 18.1. The average molecular weight is 359 g/mol. The highest BCUT2D eigenvalue weighted by molar-refractivity contribution is 5.23. The van der Waals surface area contributed by atoms with Crippen LogP contribution in [0.15, 0.2) is 23.0 Å². The lowest BCUT2D eigenvalue weighted by atomic mass is 9.99. The third-order valence-electron chi connectivity index (χ3n) is 4.89. The van der Waals surface area contributed by atoms with Crippen molar-refractivity contribution in [3.05, 3.63) is 39.9 Å². The maximum atomic E-state index is 12.2. The maximum Gasteiger partial charge on any atom is 0.266 e. The largest absolute Gasteiger partial charge is 0.376 e. The highest BCUT2D eigenvalue weighted by atomic mass is 16.6. The highest BCUT2D eigenvalue weighted by Gasteiger charge is 2.30. The van der Waals surface area contributed by atoms with Crippen LogP contribution in [0.2, 0.25) is 0 Å². The van der Waals surface area contributed by atoms with Crippen molar-refractivity contribution in [3.8, 4) is 5.82 Å². The van der Waals surface area contributed by atoms with E-state index in [4.69, 9.17) is 9.47 Å². The van der Waals surface area contributed by atoms with Crippen LogP contribution >= 0.6 is 0 Å². The molecule has 0 saturated carbocycles. The first kappa shape index (κ1) is 17.4. The summed E-state index contributed by atoms with van der Waals surface area (Å²) in [4.78, 5) is 14.5. The summed E-state index contributed by atoms with van der Waals surface area (Å²) in [5.41, 5.74) is 1.87. The zero-order valence-corrected chi connectivity index (χ0v) is 15.3. The van der Waals surface area contributed by atoms with E-state index in [1.807, 2.05) is 19.9 Å². The van der Waals surface area contributed by atoms with Crippen LogP contribution < -0.4 is 5.56 Å². The lowest BCUT2D eigenvalue weighted by Gasteiger charge is -2.41. The first-order valence-electron chi connectivity index (χ1n) is 9.12. The van der Waals surface area contributed by atoms with Crippen molar-refractivity contribution in [2.24, 2.45) is 5.92 Å². The van der Waals surface area contributed by atoms with E-state index in [0.717, 1.165) is 31.0 Å². The molecule has 2 fully saturated rings. The normalized spacial score (nSPS) is 21.7. The van der Waals surface area contributed by atoms with E-state index in [9.17, 15) is 4.79 Å². The number of hydrogen-bond acceptors (Lipinski definition) is 6. The first-order valence-corrected chi connectivity index (χ1v) is 9.12. The van der Waals surface area contributed by atoms with Crippen molar-refractivity contribution in [2.75, 3.05) is 39.5 Å². The minimum absolute atomic E-state index is 0.0715. The van der Waals surface area contributed by atoms with Gasteiger partial charge in [-0.1, -0.05) is 0 Å². The third kappa shape index (κ3) is 3.72. The van der Waals surface area contributed by atoms with Gasteiger partial charge < -0.3 is 9.47 Å². The van der Waals surface area contributed by atoms with Crippen molar-refractivity contribution >= 4 is 0 Å². The molecule has 0 aliphatic carbocycles. The molecule has 1 unspecified atom stereocenters. The van der Waals surface area contributed by atoms with Gasteiger partial charge in [0, 0.05) is 37.3 Å². The van der Waals surface area contributed by atoms with E-state index in [1.165, 1.54) is 0 Å². The smallest absolute Gasteiger partial charge is 0.266 e. The van der Waals surface area contributed by atoms with Crippen molar-refractivity contribution in [1.82, 2.24) is 24.5 Å². The molecule has 0 amide bonds. The number of likely N-dealkylation sites (tertiary alicyclic amines) is 1. The highest BCUT2D eigenvalue weighted by Crippen LogP contribution is 2.18. The predicted octanol–water partition coefficient (Wildman–Crippen LogP) is 0.393. The summed E-state index contributed by atoms with van der Waals surface area (Å²) in [7, 11) is 0. The van der Waals surface area contributed by atoms with Crippen LogP contribution in [0.3, 0.4) is 0 Å². The summed E-state index contributed by atoms with van der Waals surface area (Å²) in [5.74, 6) is 1.11. The van der Waals surface area contributed by atoms with Crippen LogP contribution in [0, 0.1) is 19.8 Å². The molecule has 1 atom stereocenters. The fraction of sp³-hybridized carbons (Fsp3) is 0.611. The third-order valence-corrected chi connectivity index (χ3v) is 4.89. The van der Waals surface area contributed by atoms with E-state index < -0.39 is 0 Å². The Morgan fingerprint density at radius 2 is 2.00 bits per heavy atom. The van der Waals surface area contributed by atoms with Crippen molar-refractivity contribution in [3.63, 3.8) is 0 Å². The number of nitrogens with zero attached hydrogens (tertiary/aromatic N) is 5. The van der Waals surface area contributed by atoms with E-state index >= 15 is 0 Å². The summed E-state index contributed by atoms with van der Waals surface area (Å²) in [6.45, 7) is 9.42. The Morgan fingerprint density at radius 1 is 1.15 bits per heavy atom. The Labute approximate surface area is 152 Å². The molecule has 140 valence electrons. The number of ether oxygens (including phenoxy) is 2. The van der Waals surface area contributed by atoms with Gasteiger partial charge >= 0.3 is 0 Å². The first-order chi connectivity index (χ1) is 12.6. The quantitative estimate of drug-likeness (QED) is 0.769. The van der Waals surface area contributed by atoms with E-state index in [-0.39, 0.29) is 11.7 Å². The van der Waals surface area contributed by atoms with Crippen molar-refractivity contribution in [2.45, 2.75) is 26.5 Å². The van der Waals surface area contributed by atoms with Crippen LogP contribution in [0.1, 0.15) is 11.4 Å². The van der Waals surface area contributed by atoms with Gasteiger partial charge in [-0.2, -0.15) is 5.10 Å². The van der Waals surface area contributed by atoms with Crippen molar-refractivity contribution < 1.29 is 9.47 Å². The Hall–Kier alpha value is -2.03. The molecule has 4 rings (SSSR count). The summed E-state index contributed by atoms with van der Waals surface area (Å²) in [6, 6.07) is 5.30. The Bertz CT molecular complexity index is 818. The number of aromatic nitrogens is 4. The van der Waals surface area contributed by atoms with Gasteiger partial charge in [0.05, 0.1) is 38.2 Å². The second kappa shape index (κ2) is 7.30. The molecule has 2 aromatic rings. The fourth-order valence-electron chi connectivity index (χ4n) is 3.66. The van der Waals surface area contributed by atoms with Gasteiger partial charge in [-0.25, -0.2) is 9.36 Å². The molecule has 2 aromatic heterocycles. The monoisotopic (exact) mass is 359 g/mol. The molecule has 4 heterocycles. The lowest BCUT2D eigenvalue weighted by Crippen LogP contribution is -2.53. The van der Waals surface area contributed by atoms with Gasteiger partial charge in [-0.05, 0) is 26.0 Å². The molecule has 2 saturated heterocycles. The maximum absolute atomic E-state index is 12.2. The number of hydrogen-bond donors (Lipinski definition) is 0. The Morgan fingerprint density at radius 3 is 2.69 bits per heavy atom. The molecule has 0 spiro atoms. The van der Waals surface area contributed by atoms with Gasteiger partial charge in [-0.15, -0.1) is 5.10 Å². The number of aryl methyl sites for hydroxylation is 2. The molecule has 2 aliphatic rings. The topological polar surface area (TPSA) is 74.4 Å². The SMILES string of the molecule is Cc1cc(C)n(-c2ccc(=O)n(CC3CN(CC4COCCO4)C3)n2)n1. The predicted molar refractivity (Wildman–Crippen MR) is 95.6 cm³/mol. The second-order valence-corrected chi connectivity index (χ2v) is 7.20. The lowest BCUT2D eigenvalue weighted by molar-refractivity contribution is -0.107. The number of rotatable bonds is 5. The van der Waals surface area contributed by atoms with Crippen LogP contribution in [-0.4, -0.2) is 70.0 Å². The second-order valence-electron chi connectivity index (χ2n) is 7.20. The fourth-order valence-corrected chi connectivity index (χ4v) is 3.66. The van der Waals surface area contributed by atoms with Crippen LogP contribution in [0.25, 0.3) is 5.82 Å². The standard InChI is InChI=1S/C18H25N5O3/c1-13-7-14(2)23(19-13)17-3-4-18(24)22(20-17)10-15-8-21(9-15)11-16-12-25-5-6-26-16/h3-4,7,15-16H,5-6,8-12H2,1-2H3. The molecule has 2 aliphatic heterocycles. The van der Waals surface area contributed by atoms with Gasteiger partial charge in [0.25, 0.3) is 5.56 Å². The average Bonchev–Trinajstić information content (AvgIpc) is 2.94. The molecule has 8 nitrogen and oxygen atoms in total. The van der Waals surface area contributed by atoms with Gasteiger partial charge in [0.2, 0.25) is 0 Å². The van der Waals surface area contributed by atoms with E-state index in [2.05, 4.69) is 15.1 Å². The van der Waals surface area contributed by atoms with Crippen LogP contribution in [0.5, 0.6) is 0 Å². The van der Waals surface area contributed by atoms with E-state index in [1.54, 1.807) is 21.5 Å². The summed E-state index contributed by atoms with van der Waals surface area (Å²) < 4.78 is 14.5. The summed E-state index contributed by atoms with van der Waals surface area (Å²) in [5, 5.41) is 8.97. The Balaban J connectivity index is 1.37. The summed E-state index contributed by atoms with van der Waals surface area (Å²) in [6.07, 6.45) is 0.167. The minimum atomic E-state index is -0.0715. The summed E-state index contributed by atoms with van der Waals surface area (Å²) >= 11 is 0. The molecule has 0 aromatic carbocycles. The van der Waals surface area contributed by atoms with Gasteiger partial charge in [-0.3, -0.25) is 9.69 Å². The minimum Gasteiger partial charge on any atom is -0.376 e. The van der Waals surface area contributed by atoms with Crippen LogP contribution in [0.4, 0.5) is 0 Å². The Kier molecular flexibility index (Phi) is 4.88.